The normalized spacial score (nSPS) is 25.4. The lowest BCUT2D eigenvalue weighted by molar-refractivity contribution is -0.137. The Labute approximate surface area is 208 Å². The van der Waals surface area contributed by atoms with E-state index in [0.717, 1.165) is 24.9 Å². The molecule has 0 N–H and O–H groups in total. The number of hydrogen-bond donors (Lipinski definition) is 0. The Hall–Kier alpha value is -1.64. The molecule has 1 heterocycles. The van der Waals surface area contributed by atoms with Crippen LogP contribution in [-0.4, -0.2) is 19.3 Å². The van der Waals surface area contributed by atoms with E-state index in [1.54, 1.807) is 0 Å². The summed E-state index contributed by atoms with van der Waals surface area (Å²) in [5.41, 5.74) is 5.34. The predicted octanol–water partition coefficient (Wildman–Crippen LogP) is 9.24. The molecule has 0 bridgehead atoms. The number of unbranched alkanes of at least 4 members (excludes halogenated alkanes) is 4. The molecule has 1 saturated carbocycles. The zero-order valence-electron chi connectivity index (χ0n) is 21.6. The average molecular weight is 463 g/mol. The van der Waals surface area contributed by atoms with Crippen molar-refractivity contribution in [2.45, 2.75) is 109 Å². The Morgan fingerprint density at radius 1 is 0.618 bits per heavy atom. The highest BCUT2D eigenvalue weighted by atomic mass is 16.6. The van der Waals surface area contributed by atoms with Gasteiger partial charge in [0.25, 0.3) is 0 Å². The second-order valence-corrected chi connectivity index (χ2v) is 10.7. The maximum atomic E-state index is 6.18. The molecule has 2 fully saturated rings. The first-order chi connectivity index (χ1) is 16.8. The Bertz CT molecular complexity index is 809. The molecule has 2 aliphatic rings. The van der Waals surface area contributed by atoms with Gasteiger partial charge >= 0.3 is 0 Å². The minimum Gasteiger partial charge on any atom is -0.373 e. The van der Waals surface area contributed by atoms with Crippen LogP contribution in [0, 0.1) is 5.92 Å². The summed E-state index contributed by atoms with van der Waals surface area (Å²) < 4.78 is 12.3. The fourth-order valence-electron chi connectivity index (χ4n) is 5.91. The molecule has 2 aromatic rings. The van der Waals surface area contributed by atoms with Crippen molar-refractivity contribution in [2.75, 3.05) is 13.2 Å². The Morgan fingerprint density at radius 2 is 1.26 bits per heavy atom. The zero-order chi connectivity index (χ0) is 23.6. The standard InChI is InChI=1S/C32H46O2/c1-3-5-6-7-8-10-31-23-34-32(24-33-31)30-21-19-29(20-22-30)28-17-15-27(16-18-28)26-13-11-25(9-4-2)12-14-26/h15-22,25-26,31-32H,3-14,23-24H2,1-2H3. The quantitative estimate of drug-likeness (QED) is 0.310. The third-order valence-electron chi connectivity index (χ3n) is 8.14. The van der Waals surface area contributed by atoms with E-state index < -0.39 is 0 Å². The van der Waals surface area contributed by atoms with Crippen LogP contribution < -0.4 is 0 Å². The molecule has 0 spiro atoms. The maximum Gasteiger partial charge on any atom is 0.106 e. The van der Waals surface area contributed by atoms with E-state index in [0.29, 0.717) is 6.61 Å². The van der Waals surface area contributed by atoms with Gasteiger partial charge in [-0.2, -0.15) is 0 Å². The first kappa shape index (κ1) is 25.5. The van der Waals surface area contributed by atoms with Gasteiger partial charge in [0.1, 0.15) is 6.10 Å². The predicted molar refractivity (Wildman–Crippen MR) is 143 cm³/mol. The number of hydrogen-bond acceptors (Lipinski definition) is 2. The molecule has 2 aromatic carbocycles. The summed E-state index contributed by atoms with van der Waals surface area (Å²) >= 11 is 0. The van der Waals surface area contributed by atoms with Crippen molar-refractivity contribution in [1.82, 2.24) is 0 Å². The summed E-state index contributed by atoms with van der Waals surface area (Å²) in [6, 6.07) is 18.3. The van der Waals surface area contributed by atoms with Gasteiger partial charge in [-0.1, -0.05) is 107 Å². The molecule has 0 radical (unpaired) electrons. The van der Waals surface area contributed by atoms with Gasteiger partial charge in [0, 0.05) is 0 Å². The molecular formula is C32H46O2. The van der Waals surface area contributed by atoms with Crippen LogP contribution in [0.25, 0.3) is 11.1 Å². The van der Waals surface area contributed by atoms with Gasteiger partial charge in [-0.25, -0.2) is 0 Å². The summed E-state index contributed by atoms with van der Waals surface area (Å²) in [7, 11) is 0. The van der Waals surface area contributed by atoms with Gasteiger partial charge in [0.2, 0.25) is 0 Å². The van der Waals surface area contributed by atoms with Crippen LogP contribution in [0.3, 0.4) is 0 Å². The Morgan fingerprint density at radius 3 is 1.85 bits per heavy atom. The average Bonchev–Trinajstić information content (AvgIpc) is 2.90. The summed E-state index contributed by atoms with van der Waals surface area (Å²) in [4.78, 5) is 0. The monoisotopic (exact) mass is 462 g/mol. The van der Waals surface area contributed by atoms with Crippen LogP contribution in [-0.2, 0) is 9.47 Å². The first-order valence-corrected chi connectivity index (χ1v) is 14.2. The number of benzene rings is 2. The van der Waals surface area contributed by atoms with E-state index in [1.165, 1.54) is 92.9 Å². The van der Waals surface area contributed by atoms with Crippen LogP contribution in [0.1, 0.15) is 114 Å². The Balaban J connectivity index is 1.24. The third kappa shape index (κ3) is 7.18. The van der Waals surface area contributed by atoms with Gasteiger partial charge in [-0.05, 0) is 66.2 Å². The summed E-state index contributed by atoms with van der Waals surface area (Å²) in [5, 5.41) is 0. The van der Waals surface area contributed by atoms with Gasteiger partial charge in [0.15, 0.2) is 0 Å². The fourth-order valence-corrected chi connectivity index (χ4v) is 5.91. The molecule has 1 aliphatic heterocycles. The largest absolute Gasteiger partial charge is 0.373 e. The van der Waals surface area contributed by atoms with E-state index in [1.807, 2.05) is 0 Å². The van der Waals surface area contributed by atoms with Crippen molar-refractivity contribution in [3.63, 3.8) is 0 Å². The van der Waals surface area contributed by atoms with E-state index in [4.69, 9.17) is 9.47 Å². The molecule has 34 heavy (non-hydrogen) atoms. The van der Waals surface area contributed by atoms with Crippen LogP contribution in [0.2, 0.25) is 0 Å². The summed E-state index contributed by atoms with van der Waals surface area (Å²) in [5.74, 6) is 1.73. The zero-order valence-corrected chi connectivity index (χ0v) is 21.6. The molecule has 1 aliphatic carbocycles. The molecule has 2 atom stereocenters. The second kappa shape index (κ2) is 13.4. The lowest BCUT2D eigenvalue weighted by atomic mass is 9.77. The molecule has 2 nitrogen and oxygen atoms in total. The highest BCUT2D eigenvalue weighted by Gasteiger charge is 2.24. The third-order valence-corrected chi connectivity index (χ3v) is 8.14. The van der Waals surface area contributed by atoms with E-state index in [-0.39, 0.29) is 12.2 Å². The van der Waals surface area contributed by atoms with Crippen LogP contribution in [0.4, 0.5) is 0 Å². The second-order valence-electron chi connectivity index (χ2n) is 10.7. The minimum absolute atomic E-state index is 0.0654. The van der Waals surface area contributed by atoms with Crippen LogP contribution >= 0.6 is 0 Å². The highest BCUT2D eigenvalue weighted by Crippen LogP contribution is 2.38. The molecule has 1 saturated heterocycles. The van der Waals surface area contributed by atoms with Crippen molar-refractivity contribution in [3.05, 3.63) is 59.7 Å². The van der Waals surface area contributed by atoms with E-state index in [2.05, 4.69) is 62.4 Å². The summed E-state index contributed by atoms with van der Waals surface area (Å²) in [6.45, 7) is 5.98. The van der Waals surface area contributed by atoms with Crippen molar-refractivity contribution in [2.24, 2.45) is 5.92 Å². The first-order valence-electron chi connectivity index (χ1n) is 14.2. The topological polar surface area (TPSA) is 18.5 Å². The molecule has 186 valence electrons. The van der Waals surface area contributed by atoms with Crippen molar-refractivity contribution < 1.29 is 9.47 Å². The summed E-state index contributed by atoms with van der Waals surface area (Å²) in [6.07, 6.45) is 16.3. The van der Waals surface area contributed by atoms with E-state index in [9.17, 15) is 0 Å². The van der Waals surface area contributed by atoms with Gasteiger partial charge in [-0.15, -0.1) is 0 Å². The SMILES string of the molecule is CCCCCCCC1COC(c2ccc(-c3ccc(C4CCC(CCC)CC4)cc3)cc2)CO1. The lowest BCUT2D eigenvalue weighted by Gasteiger charge is -2.30. The van der Waals surface area contributed by atoms with Gasteiger partial charge < -0.3 is 9.47 Å². The maximum absolute atomic E-state index is 6.18. The van der Waals surface area contributed by atoms with Crippen molar-refractivity contribution >= 4 is 0 Å². The van der Waals surface area contributed by atoms with Crippen molar-refractivity contribution in [1.29, 1.82) is 0 Å². The molecule has 0 amide bonds. The van der Waals surface area contributed by atoms with E-state index >= 15 is 0 Å². The highest BCUT2D eigenvalue weighted by molar-refractivity contribution is 5.64. The molecule has 2 unspecified atom stereocenters. The minimum atomic E-state index is 0.0654. The lowest BCUT2D eigenvalue weighted by Crippen LogP contribution is -2.31. The van der Waals surface area contributed by atoms with Gasteiger partial charge in [0.05, 0.1) is 19.3 Å². The number of rotatable bonds is 11. The van der Waals surface area contributed by atoms with Crippen LogP contribution in [0.5, 0.6) is 0 Å². The van der Waals surface area contributed by atoms with Gasteiger partial charge in [-0.3, -0.25) is 0 Å². The van der Waals surface area contributed by atoms with Crippen LogP contribution in [0.15, 0.2) is 48.5 Å². The molecule has 4 rings (SSSR count). The molecular weight excluding hydrogens is 416 g/mol. The fraction of sp³-hybridized carbons (Fsp3) is 0.625. The molecule has 2 heteroatoms. The number of ether oxygens (including phenoxy) is 2. The molecule has 0 aromatic heterocycles. The Kier molecular flexibility index (Phi) is 10.1. The van der Waals surface area contributed by atoms with Crippen molar-refractivity contribution in [3.8, 4) is 11.1 Å². The smallest absolute Gasteiger partial charge is 0.106 e.